The second-order valence-electron chi connectivity index (χ2n) is 6.63. The Morgan fingerprint density at radius 3 is 1.80 bits per heavy atom. The molecule has 0 aliphatic heterocycles. The van der Waals surface area contributed by atoms with Gasteiger partial charge in [0.25, 0.3) is 0 Å². The van der Waals surface area contributed by atoms with Crippen LogP contribution in [-0.4, -0.2) is 0 Å². The summed E-state index contributed by atoms with van der Waals surface area (Å²) >= 11 is 5.66. The van der Waals surface area contributed by atoms with Crippen molar-refractivity contribution < 1.29 is 13.2 Å². The predicted molar refractivity (Wildman–Crippen MR) is 96.6 cm³/mol. The van der Waals surface area contributed by atoms with Crippen LogP contribution in [0.1, 0.15) is 42.7 Å². The van der Waals surface area contributed by atoms with Crippen molar-refractivity contribution in [3.63, 3.8) is 0 Å². The van der Waals surface area contributed by atoms with E-state index in [-0.39, 0.29) is 0 Å². The van der Waals surface area contributed by atoms with Gasteiger partial charge < -0.3 is 0 Å². The van der Waals surface area contributed by atoms with Gasteiger partial charge in [-0.3, -0.25) is 0 Å². The first-order chi connectivity index (χ1) is 12.0. The van der Waals surface area contributed by atoms with Crippen LogP contribution < -0.4 is 0 Å². The Balaban J connectivity index is 1.68. The second kappa shape index (κ2) is 7.65. The maximum atomic E-state index is 12.6. The molecule has 1 aliphatic carbocycles. The molecule has 1 aliphatic rings. The molecule has 0 unspecified atom stereocenters. The minimum absolute atomic E-state index is 0.557. The molecular formula is C21H20ClF3. The predicted octanol–water partition coefficient (Wildman–Crippen LogP) is 7.40. The minimum Gasteiger partial charge on any atom is -0.166 e. The lowest BCUT2D eigenvalue weighted by Crippen LogP contribution is -2.11. The number of halogens is 4. The lowest BCUT2D eigenvalue weighted by molar-refractivity contribution is -0.137. The first-order valence-corrected chi connectivity index (χ1v) is 8.95. The fourth-order valence-corrected chi connectivity index (χ4v) is 3.75. The SMILES string of the molecule is FC(F)(F)c1ccc(-c2ccc(C3CCC(/C=C/Cl)CC3)cc2)cc1. The fraction of sp³-hybridized carbons (Fsp3) is 0.333. The van der Waals surface area contributed by atoms with Gasteiger partial charge in [0.1, 0.15) is 0 Å². The van der Waals surface area contributed by atoms with Crippen LogP contribution in [0.5, 0.6) is 0 Å². The molecule has 0 N–H and O–H groups in total. The van der Waals surface area contributed by atoms with Crippen molar-refractivity contribution in [2.24, 2.45) is 5.92 Å². The molecular weight excluding hydrogens is 345 g/mol. The second-order valence-corrected chi connectivity index (χ2v) is 6.88. The van der Waals surface area contributed by atoms with Crippen LogP contribution in [0.2, 0.25) is 0 Å². The van der Waals surface area contributed by atoms with Gasteiger partial charge in [-0.05, 0) is 66.3 Å². The summed E-state index contributed by atoms with van der Waals surface area (Å²) < 4.78 is 37.9. The Hall–Kier alpha value is -1.74. The van der Waals surface area contributed by atoms with Crippen molar-refractivity contribution in [1.82, 2.24) is 0 Å². The molecule has 0 spiro atoms. The zero-order chi connectivity index (χ0) is 17.9. The third kappa shape index (κ3) is 4.46. The zero-order valence-corrected chi connectivity index (χ0v) is 14.5. The Bertz CT molecular complexity index is 706. The lowest BCUT2D eigenvalue weighted by Gasteiger charge is -2.27. The number of benzene rings is 2. The van der Waals surface area contributed by atoms with Crippen molar-refractivity contribution in [2.45, 2.75) is 37.8 Å². The standard InChI is InChI=1S/C21H20ClF3/c22-14-13-15-1-3-16(4-2-15)17-5-7-18(8-6-17)19-9-11-20(12-10-19)21(23,24)25/h5-16H,1-4H2/b14-13+. The average molecular weight is 365 g/mol. The van der Waals surface area contributed by atoms with E-state index in [2.05, 4.69) is 18.2 Å². The maximum absolute atomic E-state index is 12.6. The van der Waals surface area contributed by atoms with E-state index in [4.69, 9.17) is 11.6 Å². The summed E-state index contributed by atoms with van der Waals surface area (Å²) in [6.45, 7) is 0. The molecule has 0 amide bonds. The third-order valence-corrected chi connectivity index (χ3v) is 5.19. The molecule has 0 atom stereocenters. The molecule has 0 nitrogen and oxygen atoms in total. The number of hydrogen-bond donors (Lipinski definition) is 0. The van der Waals surface area contributed by atoms with Crippen molar-refractivity contribution in [2.75, 3.05) is 0 Å². The van der Waals surface area contributed by atoms with Crippen molar-refractivity contribution in [1.29, 1.82) is 0 Å². The fourth-order valence-electron chi connectivity index (χ4n) is 3.55. The van der Waals surface area contributed by atoms with Gasteiger partial charge in [-0.2, -0.15) is 13.2 Å². The van der Waals surface area contributed by atoms with E-state index in [0.29, 0.717) is 11.8 Å². The summed E-state index contributed by atoms with van der Waals surface area (Å²) in [6.07, 6.45) is 2.37. The van der Waals surface area contributed by atoms with Crippen molar-refractivity contribution in [3.05, 3.63) is 71.3 Å². The van der Waals surface area contributed by atoms with E-state index in [9.17, 15) is 13.2 Å². The quantitative estimate of drug-likeness (QED) is 0.532. The molecule has 2 aromatic rings. The molecule has 1 fully saturated rings. The summed E-state index contributed by atoms with van der Waals surface area (Å²) in [5, 5.41) is 0. The van der Waals surface area contributed by atoms with Gasteiger partial charge in [-0.25, -0.2) is 0 Å². The van der Waals surface area contributed by atoms with E-state index in [0.717, 1.165) is 48.9 Å². The molecule has 132 valence electrons. The Kier molecular flexibility index (Phi) is 5.53. The van der Waals surface area contributed by atoms with Crippen molar-refractivity contribution >= 4 is 11.6 Å². The topological polar surface area (TPSA) is 0 Å². The van der Waals surface area contributed by atoms with E-state index in [1.165, 1.54) is 17.7 Å². The van der Waals surface area contributed by atoms with Gasteiger partial charge in [0.15, 0.2) is 0 Å². The highest BCUT2D eigenvalue weighted by molar-refractivity contribution is 6.25. The number of rotatable bonds is 3. The first-order valence-electron chi connectivity index (χ1n) is 8.52. The van der Waals surface area contributed by atoms with Crippen LogP contribution >= 0.6 is 11.6 Å². The van der Waals surface area contributed by atoms with Gasteiger partial charge in [-0.15, -0.1) is 0 Å². The molecule has 0 bridgehead atoms. The van der Waals surface area contributed by atoms with E-state index >= 15 is 0 Å². The summed E-state index contributed by atoms with van der Waals surface area (Å²) in [5.74, 6) is 1.14. The van der Waals surface area contributed by atoms with Gasteiger partial charge in [0.05, 0.1) is 5.56 Å². The zero-order valence-electron chi connectivity index (χ0n) is 13.8. The van der Waals surface area contributed by atoms with Gasteiger partial charge >= 0.3 is 6.18 Å². The van der Waals surface area contributed by atoms with Gasteiger partial charge in [-0.1, -0.05) is 54.1 Å². The minimum atomic E-state index is -4.29. The Morgan fingerprint density at radius 2 is 1.32 bits per heavy atom. The molecule has 1 saturated carbocycles. The first kappa shape index (κ1) is 18.1. The van der Waals surface area contributed by atoms with Crippen LogP contribution in [0.15, 0.2) is 60.1 Å². The highest BCUT2D eigenvalue weighted by Gasteiger charge is 2.30. The van der Waals surface area contributed by atoms with E-state index < -0.39 is 11.7 Å². The third-order valence-electron chi connectivity index (χ3n) is 5.04. The van der Waals surface area contributed by atoms with Crippen LogP contribution in [0, 0.1) is 5.92 Å². The molecule has 25 heavy (non-hydrogen) atoms. The number of hydrogen-bond acceptors (Lipinski definition) is 0. The molecule has 4 heteroatoms. The van der Waals surface area contributed by atoms with E-state index in [1.807, 2.05) is 12.1 Å². The lowest BCUT2D eigenvalue weighted by atomic mass is 9.78. The summed E-state index contributed by atoms with van der Waals surface area (Å²) in [4.78, 5) is 0. The largest absolute Gasteiger partial charge is 0.416 e. The summed E-state index contributed by atoms with van der Waals surface area (Å²) in [5.41, 5.74) is 4.05. The monoisotopic (exact) mass is 364 g/mol. The number of allylic oxidation sites excluding steroid dienone is 1. The molecule has 0 radical (unpaired) electrons. The molecule has 3 rings (SSSR count). The van der Waals surface area contributed by atoms with Crippen LogP contribution in [0.3, 0.4) is 0 Å². The average Bonchev–Trinajstić information content (AvgIpc) is 2.62. The Labute approximate surface area is 151 Å². The maximum Gasteiger partial charge on any atom is 0.416 e. The van der Waals surface area contributed by atoms with E-state index in [1.54, 1.807) is 5.54 Å². The smallest absolute Gasteiger partial charge is 0.166 e. The Morgan fingerprint density at radius 1 is 0.800 bits per heavy atom. The highest BCUT2D eigenvalue weighted by Crippen LogP contribution is 2.37. The van der Waals surface area contributed by atoms with Gasteiger partial charge in [0, 0.05) is 5.54 Å². The van der Waals surface area contributed by atoms with Crippen LogP contribution in [0.25, 0.3) is 11.1 Å². The van der Waals surface area contributed by atoms with Crippen LogP contribution in [-0.2, 0) is 6.18 Å². The van der Waals surface area contributed by atoms with Crippen molar-refractivity contribution in [3.8, 4) is 11.1 Å². The van der Waals surface area contributed by atoms with Gasteiger partial charge in [0.2, 0.25) is 0 Å². The molecule has 0 aromatic heterocycles. The number of alkyl halides is 3. The molecule has 0 saturated heterocycles. The molecule has 0 heterocycles. The summed E-state index contributed by atoms with van der Waals surface area (Å²) in [6, 6.07) is 13.5. The molecule has 2 aromatic carbocycles. The summed E-state index contributed by atoms with van der Waals surface area (Å²) in [7, 11) is 0. The highest BCUT2D eigenvalue weighted by atomic mass is 35.5. The van der Waals surface area contributed by atoms with Crippen LogP contribution in [0.4, 0.5) is 13.2 Å². The normalized spacial score (nSPS) is 21.6.